The number of nitrogens with zero attached hydrogens (tertiary/aromatic N) is 1. The molecule has 4 heteroatoms. The molecular formula is C12H10F2N2. The number of nitrogen functional groups attached to an aromatic ring is 1. The van der Waals surface area contributed by atoms with Gasteiger partial charge in [0.2, 0.25) is 0 Å². The molecule has 1 aromatic heterocycles. The van der Waals surface area contributed by atoms with Crippen LogP contribution >= 0.6 is 0 Å². The van der Waals surface area contributed by atoms with Crippen LogP contribution in [-0.2, 0) is 0 Å². The molecule has 0 unspecified atom stereocenters. The molecule has 0 aliphatic carbocycles. The van der Waals surface area contributed by atoms with Crippen molar-refractivity contribution in [3.63, 3.8) is 0 Å². The summed E-state index contributed by atoms with van der Waals surface area (Å²) in [6.07, 6.45) is 1.36. The smallest absolute Gasteiger partial charge is 0.165 e. The number of hydrogen-bond acceptors (Lipinski definition) is 2. The lowest BCUT2D eigenvalue weighted by atomic mass is 10.0. The first-order valence-corrected chi connectivity index (χ1v) is 4.76. The second-order valence-corrected chi connectivity index (χ2v) is 3.53. The van der Waals surface area contributed by atoms with Crippen molar-refractivity contribution in [1.29, 1.82) is 0 Å². The summed E-state index contributed by atoms with van der Waals surface area (Å²) in [6.45, 7) is 1.65. The first kappa shape index (κ1) is 10.5. The van der Waals surface area contributed by atoms with E-state index in [0.717, 1.165) is 0 Å². The Labute approximate surface area is 91.7 Å². The standard InChI is InChI=1S/C12H10F2N2/c1-7-3-2-4-9(11(7)14)8-5-10(13)12(15)16-6-8/h2-6H,1H3,(H2,15,16). The minimum absolute atomic E-state index is 0.184. The number of pyridine rings is 1. The fourth-order valence-electron chi connectivity index (χ4n) is 1.47. The van der Waals surface area contributed by atoms with Crippen molar-refractivity contribution in [3.8, 4) is 11.1 Å². The second kappa shape index (κ2) is 3.89. The maximum atomic E-state index is 13.7. The highest BCUT2D eigenvalue weighted by molar-refractivity contribution is 5.65. The summed E-state index contributed by atoms with van der Waals surface area (Å²) < 4.78 is 26.9. The van der Waals surface area contributed by atoms with Gasteiger partial charge in [0.05, 0.1) is 0 Å². The van der Waals surface area contributed by atoms with Crippen LogP contribution in [0.2, 0.25) is 0 Å². The fourth-order valence-corrected chi connectivity index (χ4v) is 1.47. The molecule has 0 amide bonds. The average molecular weight is 220 g/mol. The summed E-state index contributed by atoms with van der Waals surface area (Å²) in [7, 11) is 0. The van der Waals surface area contributed by atoms with E-state index in [-0.39, 0.29) is 11.6 Å². The Bertz CT molecular complexity index is 539. The zero-order valence-electron chi connectivity index (χ0n) is 8.67. The first-order valence-electron chi connectivity index (χ1n) is 4.76. The Morgan fingerprint density at radius 3 is 2.69 bits per heavy atom. The maximum Gasteiger partial charge on any atom is 0.165 e. The van der Waals surface area contributed by atoms with Crippen molar-refractivity contribution in [2.24, 2.45) is 0 Å². The van der Waals surface area contributed by atoms with E-state index in [1.807, 2.05) is 0 Å². The Hall–Kier alpha value is -1.97. The minimum atomic E-state index is -0.640. The molecule has 0 spiro atoms. The van der Waals surface area contributed by atoms with Crippen LogP contribution in [0, 0.1) is 18.6 Å². The molecule has 2 nitrogen and oxygen atoms in total. The lowest BCUT2D eigenvalue weighted by Gasteiger charge is -2.06. The molecule has 1 heterocycles. The summed E-state index contributed by atoms with van der Waals surface area (Å²) in [5.74, 6) is -1.19. The van der Waals surface area contributed by atoms with Gasteiger partial charge in [0.1, 0.15) is 5.82 Å². The van der Waals surface area contributed by atoms with Gasteiger partial charge in [-0.1, -0.05) is 18.2 Å². The Kier molecular flexibility index (Phi) is 2.56. The summed E-state index contributed by atoms with van der Waals surface area (Å²) in [4.78, 5) is 3.66. The normalized spacial score (nSPS) is 10.4. The third-order valence-corrected chi connectivity index (χ3v) is 2.37. The van der Waals surface area contributed by atoms with Crippen molar-refractivity contribution in [2.75, 3.05) is 5.73 Å². The molecule has 0 aliphatic heterocycles. The van der Waals surface area contributed by atoms with Crippen LogP contribution in [0.4, 0.5) is 14.6 Å². The van der Waals surface area contributed by atoms with Gasteiger partial charge in [-0.2, -0.15) is 0 Å². The molecule has 0 saturated carbocycles. The number of halogens is 2. The van der Waals surface area contributed by atoms with Gasteiger partial charge in [-0.05, 0) is 18.6 Å². The molecule has 1 aromatic carbocycles. The van der Waals surface area contributed by atoms with Crippen LogP contribution in [0.15, 0.2) is 30.5 Å². The number of aromatic nitrogens is 1. The molecule has 82 valence electrons. The minimum Gasteiger partial charge on any atom is -0.381 e. The van der Waals surface area contributed by atoms with Crippen molar-refractivity contribution < 1.29 is 8.78 Å². The molecule has 0 saturated heterocycles. The average Bonchev–Trinajstić information content (AvgIpc) is 2.26. The van der Waals surface area contributed by atoms with E-state index in [1.165, 1.54) is 12.3 Å². The maximum absolute atomic E-state index is 13.7. The fraction of sp³-hybridized carbons (Fsp3) is 0.0833. The molecule has 0 bridgehead atoms. The van der Waals surface area contributed by atoms with Gasteiger partial charge >= 0.3 is 0 Å². The topological polar surface area (TPSA) is 38.9 Å². The van der Waals surface area contributed by atoms with E-state index >= 15 is 0 Å². The Morgan fingerprint density at radius 2 is 2.00 bits per heavy atom. The number of benzene rings is 1. The molecule has 0 aliphatic rings. The molecule has 2 aromatic rings. The molecule has 16 heavy (non-hydrogen) atoms. The highest BCUT2D eigenvalue weighted by Gasteiger charge is 2.09. The molecule has 0 radical (unpaired) electrons. The largest absolute Gasteiger partial charge is 0.381 e. The van der Waals surface area contributed by atoms with Crippen LogP contribution in [0.1, 0.15) is 5.56 Å². The Morgan fingerprint density at radius 1 is 1.25 bits per heavy atom. The zero-order chi connectivity index (χ0) is 11.7. The molecule has 0 atom stereocenters. The van der Waals surface area contributed by atoms with Crippen LogP contribution < -0.4 is 5.73 Å². The molecule has 0 fully saturated rings. The van der Waals surface area contributed by atoms with E-state index in [0.29, 0.717) is 16.7 Å². The number of nitrogens with two attached hydrogens (primary N) is 1. The van der Waals surface area contributed by atoms with Crippen LogP contribution in [0.25, 0.3) is 11.1 Å². The summed E-state index contributed by atoms with van der Waals surface area (Å²) in [5.41, 5.74) is 6.47. The van der Waals surface area contributed by atoms with Crippen molar-refractivity contribution >= 4 is 5.82 Å². The van der Waals surface area contributed by atoms with Crippen molar-refractivity contribution in [1.82, 2.24) is 4.98 Å². The molecule has 2 rings (SSSR count). The number of aryl methyl sites for hydroxylation is 1. The molecular weight excluding hydrogens is 210 g/mol. The van der Waals surface area contributed by atoms with E-state index in [1.54, 1.807) is 25.1 Å². The zero-order valence-corrected chi connectivity index (χ0v) is 8.67. The van der Waals surface area contributed by atoms with Gasteiger partial charge in [-0.25, -0.2) is 13.8 Å². The monoisotopic (exact) mass is 220 g/mol. The first-order chi connectivity index (χ1) is 7.59. The number of rotatable bonds is 1. The van der Waals surface area contributed by atoms with Gasteiger partial charge in [-0.15, -0.1) is 0 Å². The van der Waals surface area contributed by atoms with Gasteiger partial charge < -0.3 is 5.73 Å². The van der Waals surface area contributed by atoms with Crippen LogP contribution in [0.3, 0.4) is 0 Å². The summed E-state index contributed by atoms with van der Waals surface area (Å²) in [5, 5.41) is 0. The third kappa shape index (κ3) is 1.74. The predicted octanol–water partition coefficient (Wildman–Crippen LogP) is 2.92. The van der Waals surface area contributed by atoms with Gasteiger partial charge in [0.25, 0.3) is 0 Å². The predicted molar refractivity (Wildman–Crippen MR) is 58.7 cm³/mol. The van der Waals surface area contributed by atoms with Gasteiger partial charge in [-0.3, -0.25) is 0 Å². The van der Waals surface area contributed by atoms with Crippen molar-refractivity contribution in [3.05, 3.63) is 47.7 Å². The second-order valence-electron chi connectivity index (χ2n) is 3.53. The van der Waals surface area contributed by atoms with E-state index in [9.17, 15) is 8.78 Å². The van der Waals surface area contributed by atoms with E-state index in [2.05, 4.69) is 4.98 Å². The lowest BCUT2D eigenvalue weighted by molar-refractivity contribution is 0.618. The SMILES string of the molecule is Cc1cccc(-c2cnc(N)c(F)c2)c1F. The quantitative estimate of drug-likeness (QED) is 0.802. The van der Waals surface area contributed by atoms with Gasteiger partial charge in [0, 0.05) is 17.3 Å². The van der Waals surface area contributed by atoms with E-state index in [4.69, 9.17) is 5.73 Å². The highest BCUT2D eigenvalue weighted by atomic mass is 19.1. The summed E-state index contributed by atoms with van der Waals surface area (Å²) in [6, 6.07) is 6.12. The number of anilines is 1. The highest BCUT2D eigenvalue weighted by Crippen LogP contribution is 2.25. The van der Waals surface area contributed by atoms with Crippen LogP contribution in [0.5, 0.6) is 0 Å². The van der Waals surface area contributed by atoms with Crippen LogP contribution in [-0.4, -0.2) is 4.98 Å². The van der Waals surface area contributed by atoms with E-state index < -0.39 is 5.82 Å². The molecule has 2 N–H and O–H groups in total. The van der Waals surface area contributed by atoms with Gasteiger partial charge in [0.15, 0.2) is 11.6 Å². The number of hydrogen-bond donors (Lipinski definition) is 1. The summed E-state index contributed by atoms with van der Waals surface area (Å²) >= 11 is 0. The Balaban J connectivity index is 2.59. The lowest BCUT2D eigenvalue weighted by Crippen LogP contribution is -1.96. The van der Waals surface area contributed by atoms with Crippen molar-refractivity contribution in [2.45, 2.75) is 6.92 Å². The third-order valence-electron chi connectivity index (χ3n) is 2.37.